The first-order valence-electron chi connectivity index (χ1n) is 5.52. The molecule has 0 spiro atoms. The van der Waals surface area contributed by atoms with Crippen LogP contribution in [0.4, 0.5) is 0 Å². The summed E-state index contributed by atoms with van der Waals surface area (Å²) >= 11 is 7.27. The first-order valence-corrected chi connectivity index (χ1v) is 6.67. The second-order valence-electron chi connectivity index (χ2n) is 4.44. The molecule has 1 saturated heterocycles. The van der Waals surface area contributed by atoms with E-state index in [1.807, 2.05) is 0 Å². The number of hydrogen-bond acceptors (Lipinski definition) is 5. The lowest BCUT2D eigenvalue weighted by Gasteiger charge is -2.34. The van der Waals surface area contributed by atoms with Crippen LogP contribution in [0.5, 0.6) is 0 Å². The van der Waals surface area contributed by atoms with Crippen LogP contribution in [0.15, 0.2) is 0 Å². The summed E-state index contributed by atoms with van der Waals surface area (Å²) in [6, 6.07) is 0.647. The van der Waals surface area contributed by atoms with Crippen LogP contribution in [0.25, 0.3) is 0 Å². The van der Waals surface area contributed by atoms with Crippen LogP contribution in [-0.2, 0) is 6.54 Å². The van der Waals surface area contributed by atoms with Gasteiger partial charge in [0.25, 0.3) is 0 Å². The van der Waals surface area contributed by atoms with Gasteiger partial charge in [0.1, 0.15) is 10.0 Å². The van der Waals surface area contributed by atoms with Gasteiger partial charge >= 0.3 is 0 Å². The number of likely N-dealkylation sites (tertiary alicyclic amines) is 1. The Morgan fingerprint density at radius 3 is 2.75 bits per heavy atom. The summed E-state index contributed by atoms with van der Waals surface area (Å²) in [5, 5.41) is 4.05. The van der Waals surface area contributed by atoms with Crippen LogP contribution in [0.1, 0.15) is 18.5 Å². The van der Waals surface area contributed by atoms with Crippen molar-refractivity contribution in [3.05, 3.63) is 10.0 Å². The molecule has 0 unspecified atom stereocenters. The fraction of sp³-hybridized carbons (Fsp3) is 0.800. The molecule has 90 valence electrons. The highest BCUT2D eigenvalue weighted by atomic mass is 35.5. The molecule has 1 aliphatic rings. The standard InChI is InChI=1S/C10H17ClN4S/c1-14-5-3-8(4-6-14)15(2)7-9-10(11)16-13-12-9/h8H,3-7H2,1-2H3. The van der Waals surface area contributed by atoms with E-state index in [0.717, 1.165) is 16.6 Å². The highest BCUT2D eigenvalue weighted by Gasteiger charge is 2.21. The van der Waals surface area contributed by atoms with E-state index in [4.69, 9.17) is 11.6 Å². The van der Waals surface area contributed by atoms with Gasteiger partial charge < -0.3 is 4.90 Å². The lowest BCUT2D eigenvalue weighted by atomic mass is 10.0. The topological polar surface area (TPSA) is 32.3 Å². The predicted molar refractivity (Wildman–Crippen MR) is 66.9 cm³/mol. The van der Waals surface area contributed by atoms with Crippen molar-refractivity contribution in [3.8, 4) is 0 Å². The first-order chi connectivity index (χ1) is 7.66. The van der Waals surface area contributed by atoms with Crippen LogP contribution in [-0.4, -0.2) is 52.6 Å². The maximum Gasteiger partial charge on any atom is 0.138 e. The minimum absolute atomic E-state index is 0.647. The van der Waals surface area contributed by atoms with Gasteiger partial charge in [-0.25, -0.2) is 0 Å². The smallest absolute Gasteiger partial charge is 0.138 e. The molecule has 0 atom stereocenters. The van der Waals surface area contributed by atoms with Gasteiger partial charge in [-0.1, -0.05) is 16.1 Å². The van der Waals surface area contributed by atoms with Crippen molar-refractivity contribution in [2.45, 2.75) is 25.4 Å². The van der Waals surface area contributed by atoms with E-state index in [2.05, 4.69) is 33.5 Å². The Balaban J connectivity index is 1.88. The van der Waals surface area contributed by atoms with Gasteiger partial charge in [0.15, 0.2) is 0 Å². The Kier molecular flexibility index (Phi) is 4.13. The molecule has 2 heterocycles. The van der Waals surface area contributed by atoms with E-state index in [-0.39, 0.29) is 0 Å². The molecular weight excluding hydrogens is 244 g/mol. The maximum absolute atomic E-state index is 6.00. The van der Waals surface area contributed by atoms with Gasteiger partial charge in [0.05, 0.1) is 0 Å². The number of rotatable bonds is 3. The van der Waals surface area contributed by atoms with Gasteiger partial charge in [0.2, 0.25) is 0 Å². The van der Waals surface area contributed by atoms with Crippen molar-refractivity contribution in [2.24, 2.45) is 0 Å². The molecule has 1 aliphatic heterocycles. The number of hydrogen-bond donors (Lipinski definition) is 0. The third kappa shape index (κ3) is 2.91. The molecule has 16 heavy (non-hydrogen) atoms. The van der Waals surface area contributed by atoms with Crippen molar-refractivity contribution in [2.75, 3.05) is 27.2 Å². The molecule has 1 aromatic heterocycles. The minimum atomic E-state index is 0.647. The van der Waals surface area contributed by atoms with Crippen LogP contribution in [0, 0.1) is 0 Å². The Morgan fingerprint density at radius 1 is 1.50 bits per heavy atom. The summed E-state index contributed by atoms with van der Waals surface area (Å²) in [4.78, 5) is 4.72. The highest BCUT2D eigenvalue weighted by molar-refractivity contribution is 7.10. The number of nitrogens with zero attached hydrogens (tertiary/aromatic N) is 4. The third-order valence-electron chi connectivity index (χ3n) is 3.22. The monoisotopic (exact) mass is 260 g/mol. The van der Waals surface area contributed by atoms with E-state index >= 15 is 0 Å². The van der Waals surface area contributed by atoms with Crippen molar-refractivity contribution < 1.29 is 0 Å². The second-order valence-corrected chi connectivity index (χ2v) is 5.80. The van der Waals surface area contributed by atoms with Crippen LogP contribution < -0.4 is 0 Å². The summed E-state index contributed by atoms with van der Waals surface area (Å²) < 4.78 is 4.58. The van der Waals surface area contributed by atoms with E-state index in [1.54, 1.807) is 0 Å². The van der Waals surface area contributed by atoms with Gasteiger partial charge in [-0.15, -0.1) is 5.10 Å². The molecule has 0 amide bonds. The van der Waals surface area contributed by atoms with Crippen molar-refractivity contribution in [1.29, 1.82) is 0 Å². The third-order valence-corrected chi connectivity index (χ3v) is 4.20. The van der Waals surface area contributed by atoms with Crippen LogP contribution in [0.2, 0.25) is 4.34 Å². The second kappa shape index (κ2) is 5.40. The Bertz CT molecular complexity index is 335. The lowest BCUT2D eigenvalue weighted by molar-refractivity contribution is 0.138. The maximum atomic E-state index is 6.00. The summed E-state index contributed by atoms with van der Waals surface area (Å²) in [6.07, 6.45) is 2.45. The molecular formula is C10H17ClN4S. The van der Waals surface area contributed by atoms with E-state index < -0.39 is 0 Å². The van der Waals surface area contributed by atoms with Gasteiger partial charge in [0, 0.05) is 24.1 Å². The van der Waals surface area contributed by atoms with E-state index in [0.29, 0.717) is 6.04 Å². The normalized spacial score (nSPS) is 19.5. The zero-order chi connectivity index (χ0) is 11.5. The van der Waals surface area contributed by atoms with Crippen molar-refractivity contribution in [3.63, 3.8) is 0 Å². The lowest BCUT2D eigenvalue weighted by Crippen LogP contribution is -2.41. The molecule has 0 aromatic carbocycles. The average molecular weight is 261 g/mol. The first kappa shape index (κ1) is 12.2. The summed E-state index contributed by atoms with van der Waals surface area (Å²) in [7, 11) is 4.32. The van der Waals surface area contributed by atoms with Crippen molar-refractivity contribution in [1.82, 2.24) is 19.4 Å². The quantitative estimate of drug-likeness (QED) is 0.829. The molecule has 0 saturated carbocycles. The fourth-order valence-electron chi connectivity index (χ4n) is 2.09. The average Bonchev–Trinajstić information content (AvgIpc) is 2.65. The Morgan fingerprint density at radius 2 is 2.19 bits per heavy atom. The van der Waals surface area contributed by atoms with Gasteiger partial charge in [-0.3, -0.25) is 4.90 Å². The molecule has 2 rings (SSSR count). The van der Waals surface area contributed by atoms with Crippen LogP contribution >= 0.6 is 23.1 Å². The summed E-state index contributed by atoms with van der Waals surface area (Å²) in [5.41, 5.74) is 0.910. The molecule has 1 fully saturated rings. The SMILES string of the molecule is CN1CCC(N(C)Cc2nnsc2Cl)CC1. The number of piperidine rings is 1. The fourth-order valence-corrected chi connectivity index (χ4v) is 2.70. The molecule has 0 N–H and O–H groups in total. The number of aromatic nitrogens is 2. The zero-order valence-corrected chi connectivity index (χ0v) is 11.3. The van der Waals surface area contributed by atoms with Gasteiger partial charge in [-0.2, -0.15) is 0 Å². The summed E-state index contributed by atoms with van der Waals surface area (Å²) in [5.74, 6) is 0. The summed E-state index contributed by atoms with van der Waals surface area (Å²) in [6.45, 7) is 3.17. The predicted octanol–water partition coefficient (Wildman–Crippen LogP) is 1.72. The largest absolute Gasteiger partial charge is 0.306 e. The van der Waals surface area contributed by atoms with Crippen molar-refractivity contribution >= 4 is 23.1 Å². The molecule has 0 aliphatic carbocycles. The highest BCUT2D eigenvalue weighted by Crippen LogP contribution is 2.21. The minimum Gasteiger partial charge on any atom is -0.306 e. The Labute approximate surface area is 105 Å². The zero-order valence-electron chi connectivity index (χ0n) is 9.69. The molecule has 4 nitrogen and oxygen atoms in total. The van der Waals surface area contributed by atoms with Gasteiger partial charge in [-0.05, 0) is 40.0 Å². The number of halogens is 1. The molecule has 6 heteroatoms. The Hall–Kier alpha value is -0.230. The van der Waals surface area contributed by atoms with E-state index in [9.17, 15) is 0 Å². The molecule has 0 radical (unpaired) electrons. The molecule has 1 aromatic rings. The van der Waals surface area contributed by atoms with E-state index in [1.165, 1.54) is 37.5 Å². The molecule has 0 bridgehead atoms. The van der Waals surface area contributed by atoms with Crippen LogP contribution in [0.3, 0.4) is 0 Å².